The molecule has 1 heterocycles. The zero-order valence-corrected chi connectivity index (χ0v) is 15.2. The number of rotatable bonds is 8. The summed E-state index contributed by atoms with van der Waals surface area (Å²) in [5.74, 6) is -0.995. The van der Waals surface area contributed by atoms with Gasteiger partial charge in [0.05, 0.1) is 12.8 Å². The number of nitrogens with one attached hydrogen (secondary N) is 1. The summed E-state index contributed by atoms with van der Waals surface area (Å²) in [6.07, 6.45) is 1.94. The van der Waals surface area contributed by atoms with Gasteiger partial charge in [-0.2, -0.15) is 0 Å². The van der Waals surface area contributed by atoms with Crippen molar-refractivity contribution < 1.29 is 14.3 Å². The van der Waals surface area contributed by atoms with Crippen molar-refractivity contribution in [2.45, 2.75) is 57.0 Å². The smallest absolute Gasteiger partial charge is 0.331 e. The van der Waals surface area contributed by atoms with Crippen LogP contribution in [0.25, 0.3) is 0 Å². The van der Waals surface area contributed by atoms with Crippen LogP contribution in [0.4, 0.5) is 0 Å². The molecule has 0 radical (unpaired) electrons. The molecule has 0 fully saturated rings. The molecule has 0 aliphatic heterocycles. The van der Waals surface area contributed by atoms with E-state index in [-0.39, 0.29) is 24.8 Å². The molecule has 0 aliphatic rings. The highest BCUT2D eigenvalue weighted by Gasteiger charge is 2.37. The quantitative estimate of drug-likeness (QED) is 0.565. The number of alkyl halides is 2. The van der Waals surface area contributed by atoms with Crippen LogP contribution in [0.5, 0.6) is 0 Å². The minimum absolute atomic E-state index is 0.0397. The highest BCUT2D eigenvalue weighted by molar-refractivity contribution is 6.44. The van der Waals surface area contributed by atoms with Crippen molar-refractivity contribution in [2.75, 3.05) is 6.61 Å². The summed E-state index contributed by atoms with van der Waals surface area (Å²) in [7, 11) is 0. The van der Waals surface area contributed by atoms with Crippen molar-refractivity contribution in [2.24, 2.45) is 0 Å². The third-order valence-electron chi connectivity index (χ3n) is 3.27. The molecule has 0 bridgehead atoms. The molecular weight excluding hydrogens is 343 g/mol. The Kier molecular flexibility index (Phi) is 7.28. The Hall–Kier alpha value is -1.34. The van der Waals surface area contributed by atoms with Crippen LogP contribution >= 0.6 is 23.2 Å². The van der Waals surface area contributed by atoms with Crippen molar-refractivity contribution in [3.63, 3.8) is 0 Å². The van der Waals surface area contributed by atoms with Crippen LogP contribution < -0.4 is 5.32 Å². The molecule has 0 aromatic carbocycles. The molecule has 130 valence electrons. The van der Waals surface area contributed by atoms with E-state index in [2.05, 4.69) is 15.6 Å². The van der Waals surface area contributed by atoms with Crippen LogP contribution in [-0.4, -0.2) is 43.9 Å². The molecule has 1 aromatic heterocycles. The lowest BCUT2D eigenvalue weighted by Crippen LogP contribution is -2.53. The maximum atomic E-state index is 12.5. The maximum Gasteiger partial charge on any atom is 0.331 e. The molecule has 1 aromatic rings. The number of carbonyl (C=O) groups is 2. The van der Waals surface area contributed by atoms with Gasteiger partial charge in [0.25, 0.3) is 5.91 Å². The van der Waals surface area contributed by atoms with Gasteiger partial charge in [0.2, 0.25) is 0 Å². The largest absolute Gasteiger partial charge is 0.464 e. The van der Waals surface area contributed by atoms with Crippen molar-refractivity contribution in [1.29, 1.82) is 0 Å². The van der Waals surface area contributed by atoms with Crippen molar-refractivity contribution in [3.05, 3.63) is 11.9 Å². The zero-order chi connectivity index (χ0) is 17.6. The summed E-state index contributed by atoms with van der Waals surface area (Å²) in [4.78, 5) is 24.1. The second-order valence-electron chi connectivity index (χ2n) is 5.59. The van der Waals surface area contributed by atoms with Crippen molar-refractivity contribution in [3.8, 4) is 0 Å². The van der Waals surface area contributed by atoms with E-state index in [0.29, 0.717) is 6.42 Å². The van der Waals surface area contributed by atoms with E-state index in [1.54, 1.807) is 13.8 Å². The fourth-order valence-corrected chi connectivity index (χ4v) is 2.22. The Balaban J connectivity index is 2.97. The van der Waals surface area contributed by atoms with E-state index in [1.807, 2.05) is 13.8 Å². The number of esters is 1. The van der Waals surface area contributed by atoms with Gasteiger partial charge in [0.15, 0.2) is 0 Å². The normalized spacial score (nSPS) is 13.9. The SMILES string of the molecule is CCOC(=O)[C@](C)(CCC(Cl)Cl)NC(=O)c1cnnn1C(C)C. The van der Waals surface area contributed by atoms with E-state index >= 15 is 0 Å². The first-order valence-electron chi connectivity index (χ1n) is 7.39. The predicted molar refractivity (Wildman–Crippen MR) is 87.6 cm³/mol. The lowest BCUT2D eigenvalue weighted by atomic mass is 9.96. The molecule has 0 unspecified atom stereocenters. The summed E-state index contributed by atoms with van der Waals surface area (Å²) in [5, 5.41) is 10.3. The number of amides is 1. The van der Waals surface area contributed by atoms with Gasteiger partial charge >= 0.3 is 5.97 Å². The lowest BCUT2D eigenvalue weighted by Gasteiger charge is -2.28. The van der Waals surface area contributed by atoms with E-state index in [4.69, 9.17) is 27.9 Å². The lowest BCUT2D eigenvalue weighted by molar-refractivity contribution is -0.150. The molecule has 9 heteroatoms. The summed E-state index contributed by atoms with van der Waals surface area (Å²) < 4.78 is 6.54. The number of hydrogen-bond donors (Lipinski definition) is 1. The molecular formula is C14H22Cl2N4O3. The number of halogens is 2. The van der Waals surface area contributed by atoms with Gasteiger partial charge in [-0.05, 0) is 40.5 Å². The summed E-state index contributed by atoms with van der Waals surface area (Å²) >= 11 is 11.5. The molecule has 1 amide bonds. The minimum Gasteiger partial charge on any atom is -0.464 e. The first-order valence-corrected chi connectivity index (χ1v) is 8.26. The van der Waals surface area contributed by atoms with Gasteiger partial charge in [-0.25, -0.2) is 9.48 Å². The van der Waals surface area contributed by atoms with Crippen molar-refractivity contribution in [1.82, 2.24) is 20.3 Å². The topological polar surface area (TPSA) is 86.1 Å². The number of ether oxygens (including phenoxy) is 1. The van der Waals surface area contributed by atoms with Crippen LogP contribution in [-0.2, 0) is 9.53 Å². The average Bonchev–Trinajstić information content (AvgIpc) is 2.95. The Morgan fingerprint density at radius 2 is 2.09 bits per heavy atom. The second kappa shape index (κ2) is 8.49. The van der Waals surface area contributed by atoms with E-state index in [9.17, 15) is 9.59 Å². The van der Waals surface area contributed by atoms with Crippen LogP contribution in [0.2, 0.25) is 0 Å². The zero-order valence-electron chi connectivity index (χ0n) is 13.7. The third kappa shape index (κ3) is 5.35. The second-order valence-corrected chi connectivity index (χ2v) is 6.87. The van der Waals surface area contributed by atoms with Crippen molar-refractivity contribution >= 4 is 35.1 Å². The van der Waals surface area contributed by atoms with Gasteiger partial charge in [-0.15, -0.1) is 28.3 Å². The Labute approximate surface area is 145 Å². The van der Waals surface area contributed by atoms with E-state index < -0.39 is 22.3 Å². The highest BCUT2D eigenvalue weighted by atomic mass is 35.5. The van der Waals surface area contributed by atoms with Gasteiger partial charge in [-0.3, -0.25) is 4.79 Å². The molecule has 7 nitrogen and oxygen atoms in total. The van der Waals surface area contributed by atoms with Crippen LogP contribution in [0.15, 0.2) is 6.20 Å². The van der Waals surface area contributed by atoms with E-state index in [1.165, 1.54) is 10.9 Å². The van der Waals surface area contributed by atoms with Gasteiger partial charge in [-0.1, -0.05) is 5.21 Å². The highest BCUT2D eigenvalue weighted by Crippen LogP contribution is 2.21. The molecule has 23 heavy (non-hydrogen) atoms. The first-order chi connectivity index (χ1) is 10.7. The predicted octanol–water partition coefficient (Wildman–Crippen LogP) is 2.49. The van der Waals surface area contributed by atoms with Crippen LogP contribution in [0, 0.1) is 0 Å². The average molecular weight is 365 g/mol. The van der Waals surface area contributed by atoms with Gasteiger partial charge in [0.1, 0.15) is 16.1 Å². The Morgan fingerprint density at radius 1 is 1.43 bits per heavy atom. The molecule has 1 atom stereocenters. The third-order valence-corrected chi connectivity index (χ3v) is 3.71. The molecule has 0 aliphatic carbocycles. The standard InChI is InChI=1S/C14H22Cl2N4O3/c1-5-23-13(22)14(4,7-6-11(15)16)18-12(21)10-8-17-19-20(10)9(2)3/h8-9,11H,5-7H2,1-4H3,(H,18,21)/t14-/m0/s1. The number of hydrogen-bond acceptors (Lipinski definition) is 5. The summed E-state index contributed by atoms with van der Waals surface area (Å²) in [6.45, 7) is 7.25. The number of aromatic nitrogens is 3. The van der Waals surface area contributed by atoms with Gasteiger partial charge < -0.3 is 10.1 Å². The molecule has 1 rings (SSSR count). The van der Waals surface area contributed by atoms with Crippen LogP contribution in [0.1, 0.15) is 57.1 Å². The number of nitrogens with zero attached hydrogens (tertiary/aromatic N) is 3. The minimum atomic E-state index is -1.23. The summed E-state index contributed by atoms with van der Waals surface area (Å²) in [5.41, 5.74) is -0.967. The Morgan fingerprint density at radius 3 is 2.61 bits per heavy atom. The Bertz CT molecular complexity index is 548. The molecule has 0 spiro atoms. The first kappa shape index (κ1) is 19.7. The number of carbonyl (C=O) groups excluding carboxylic acids is 2. The summed E-state index contributed by atoms with van der Waals surface area (Å²) in [6, 6.07) is -0.0397. The molecule has 0 saturated heterocycles. The monoisotopic (exact) mass is 364 g/mol. The molecule has 1 N–H and O–H groups in total. The maximum absolute atomic E-state index is 12.5. The fourth-order valence-electron chi connectivity index (χ4n) is 2.01. The molecule has 0 saturated carbocycles. The van der Waals surface area contributed by atoms with Crippen LogP contribution in [0.3, 0.4) is 0 Å². The van der Waals surface area contributed by atoms with Gasteiger partial charge in [0, 0.05) is 6.04 Å². The van der Waals surface area contributed by atoms with E-state index in [0.717, 1.165) is 0 Å². The fraction of sp³-hybridized carbons (Fsp3) is 0.714.